The Labute approximate surface area is 205 Å². The molecule has 8 nitrogen and oxygen atoms in total. The van der Waals surface area contributed by atoms with Gasteiger partial charge in [-0.3, -0.25) is 9.59 Å². The van der Waals surface area contributed by atoms with E-state index in [0.29, 0.717) is 11.6 Å². The van der Waals surface area contributed by atoms with Crippen LogP contribution in [0.2, 0.25) is 0 Å². The van der Waals surface area contributed by atoms with Gasteiger partial charge in [-0.2, -0.15) is 0 Å². The van der Waals surface area contributed by atoms with Gasteiger partial charge < -0.3 is 20.1 Å². The number of carboxylic acid groups (broad SMARTS) is 1. The molecule has 2 N–H and O–H groups in total. The molecular formula is C26H23N3O5S. The number of hydrogen-bond acceptors (Lipinski definition) is 6. The number of hydrogen-bond donors (Lipinski definition) is 2. The van der Waals surface area contributed by atoms with Crippen LogP contribution in [0.1, 0.15) is 39.0 Å². The van der Waals surface area contributed by atoms with Crippen molar-refractivity contribution >= 4 is 29.3 Å². The van der Waals surface area contributed by atoms with E-state index in [1.54, 1.807) is 10.3 Å². The number of carbonyl (C=O) groups excluding carboxylic acids is 2. The Hall–Kier alpha value is -3.72. The first-order valence-corrected chi connectivity index (χ1v) is 12.5. The van der Waals surface area contributed by atoms with Crippen molar-refractivity contribution in [3.63, 3.8) is 0 Å². The summed E-state index contributed by atoms with van der Waals surface area (Å²) < 4.78 is 5.55. The first-order chi connectivity index (χ1) is 17.0. The molecule has 9 heteroatoms. The fourth-order valence-electron chi connectivity index (χ4n) is 5.65. The monoisotopic (exact) mass is 489 g/mol. The summed E-state index contributed by atoms with van der Waals surface area (Å²) in [7, 11) is 0. The van der Waals surface area contributed by atoms with Gasteiger partial charge in [0.25, 0.3) is 5.91 Å². The van der Waals surface area contributed by atoms with Crippen LogP contribution in [0.4, 0.5) is 4.79 Å². The summed E-state index contributed by atoms with van der Waals surface area (Å²) in [5.74, 6) is -1.53. The third kappa shape index (κ3) is 3.67. The molecule has 3 aromatic rings. The largest absolute Gasteiger partial charge is 0.481 e. The highest BCUT2D eigenvalue weighted by Gasteiger charge is 2.57. The maximum absolute atomic E-state index is 12.8. The number of rotatable bonds is 6. The Bertz CT molecular complexity index is 1290. The van der Waals surface area contributed by atoms with Crippen molar-refractivity contribution < 1.29 is 24.2 Å². The van der Waals surface area contributed by atoms with Gasteiger partial charge in [-0.1, -0.05) is 48.5 Å². The van der Waals surface area contributed by atoms with Crippen molar-refractivity contribution in [1.82, 2.24) is 15.2 Å². The normalized spacial score (nSPS) is 21.7. The predicted molar refractivity (Wildman–Crippen MR) is 128 cm³/mol. The number of ether oxygens (including phenoxy) is 1. The molecule has 2 aliphatic carbocycles. The maximum Gasteiger partial charge on any atom is 0.407 e. The molecule has 2 bridgehead atoms. The Balaban J connectivity index is 1.04. The highest BCUT2D eigenvalue weighted by molar-refractivity contribution is 7.09. The van der Waals surface area contributed by atoms with Crippen molar-refractivity contribution in [3.8, 4) is 11.1 Å². The minimum absolute atomic E-state index is 0.0152. The maximum atomic E-state index is 12.8. The number of fused-ring (bicyclic) bond motifs is 4. The highest BCUT2D eigenvalue weighted by Crippen LogP contribution is 2.47. The molecule has 0 radical (unpaired) electrons. The number of nitrogens with one attached hydrogen (secondary N) is 1. The SMILES string of the molecule is O=C(NCc1nc(C(=O)N2CC3CC2C3C(=O)O)cs1)OCC1c2ccccc2-c2ccccc21. The van der Waals surface area contributed by atoms with Crippen LogP contribution >= 0.6 is 11.3 Å². The summed E-state index contributed by atoms with van der Waals surface area (Å²) >= 11 is 1.28. The van der Waals surface area contributed by atoms with E-state index < -0.39 is 18.0 Å². The third-order valence-electron chi connectivity index (χ3n) is 7.34. The lowest BCUT2D eigenvalue weighted by atomic mass is 9.74. The zero-order valence-corrected chi connectivity index (χ0v) is 19.5. The Morgan fingerprint density at radius 3 is 2.43 bits per heavy atom. The van der Waals surface area contributed by atoms with Gasteiger partial charge >= 0.3 is 12.1 Å². The summed E-state index contributed by atoms with van der Waals surface area (Å²) in [6, 6.07) is 16.1. The number of thiazole rings is 1. The van der Waals surface area contributed by atoms with Crippen molar-refractivity contribution in [2.75, 3.05) is 13.2 Å². The quantitative estimate of drug-likeness (QED) is 0.546. The van der Waals surface area contributed by atoms with Gasteiger partial charge in [0.05, 0.1) is 12.5 Å². The molecule has 2 aliphatic heterocycles. The average Bonchev–Trinajstić information content (AvgIpc) is 3.62. The number of carbonyl (C=O) groups is 3. The first-order valence-electron chi connectivity index (χ1n) is 11.6. The summed E-state index contributed by atoms with van der Waals surface area (Å²) in [6.45, 7) is 0.841. The number of benzene rings is 2. The summed E-state index contributed by atoms with van der Waals surface area (Å²) in [4.78, 5) is 42.6. The van der Waals surface area contributed by atoms with Crippen LogP contribution in [0, 0.1) is 11.8 Å². The molecule has 1 aromatic heterocycles. The number of amides is 2. The Morgan fingerprint density at radius 2 is 1.77 bits per heavy atom. The number of aromatic nitrogens is 1. The van der Waals surface area contributed by atoms with E-state index in [-0.39, 0.29) is 42.6 Å². The van der Waals surface area contributed by atoms with Gasteiger partial charge in [0.15, 0.2) is 0 Å². The lowest BCUT2D eigenvalue weighted by Crippen LogP contribution is -2.45. The van der Waals surface area contributed by atoms with Crippen molar-refractivity contribution in [3.05, 3.63) is 75.7 Å². The lowest BCUT2D eigenvalue weighted by Gasteiger charge is -2.32. The zero-order valence-electron chi connectivity index (χ0n) is 18.7. The number of carboxylic acids is 1. The number of aliphatic carboxylic acids is 1. The number of alkyl carbamates (subject to hydrolysis) is 1. The second-order valence-electron chi connectivity index (χ2n) is 9.19. The summed E-state index contributed by atoms with van der Waals surface area (Å²) in [5, 5.41) is 14.3. The average molecular weight is 490 g/mol. The van der Waals surface area contributed by atoms with Crippen LogP contribution in [-0.4, -0.2) is 52.2 Å². The van der Waals surface area contributed by atoms with Gasteiger partial charge in [-0.05, 0) is 34.6 Å². The smallest absolute Gasteiger partial charge is 0.407 e. The van der Waals surface area contributed by atoms with Crippen molar-refractivity contribution in [2.24, 2.45) is 11.8 Å². The standard InChI is InChI=1S/C26H23N3O5S/c30-24(29-11-14-9-21(29)23(14)25(31)32)20-13-35-22(28-20)10-27-26(33)34-12-19-17-7-3-1-5-15(17)16-6-2-4-8-18(16)19/h1-8,13-14,19,21,23H,9-12H2,(H,27,33)(H,31,32). The molecule has 4 aliphatic rings. The second-order valence-corrected chi connectivity index (χ2v) is 10.1. The molecule has 1 saturated carbocycles. The molecule has 3 fully saturated rings. The van der Waals surface area contributed by atoms with Crippen molar-refractivity contribution in [1.29, 1.82) is 0 Å². The van der Waals surface area contributed by atoms with Crippen LogP contribution in [0.25, 0.3) is 11.1 Å². The van der Waals surface area contributed by atoms with E-state index in [4.69, 9.17) is 4.74 Å². The van der Waals surface area contributed by atoms with E-state index in [2.05, 4.69) is 34.6 Å². The third-order valence-corrected chi connectivity index (χ3v) is 8.19. The lowest BCUT2D eigenvalue weighted by molar-refractivity contribution is -0.147. The molecule has 2 amide bonds. The minimum atomic E-state index is -0.840. The molecule has 2 aromatic carbocycles. The van der Waals surface area contributed by atoms with E-state index in [1.807, 2.05) is 24.3 Å². The minimum Gasteiger partial charge on any atom is -0.481 e. The predicted octanol–water partition coefficient (Wildman–Crippen LogP) is 3.73. The summed E-state index contributed by atoms with van der Waals surface area (Å²) in [6.07, 6.45) is 0.197. The second kappa shape index (κ2) is 8.49. The van der Waals surface area contributed by atoms with Gasteiger partial charge in [0.1, 0.15) is 17.3 Å². The molecule has 0 spiro atoms. The molecule has 178 valence electrons. The first kappa shape index (κ1) is 21.8. The van der Waals surface area contributed by atoms with Gasteiger partial charge in [-0.25, -0.2) is 9.78 Å². The topological polar surface area (TPSA) is 109 Å². The fourth-order valence-corrected chi connectivity index (χ4v) is 6.36. The molecule has 7 rings (SSSR count). The van der Waals surface area contributed by atoms with E-state index in [9.17, 15) is 19.5 Å². The summed E-state index contributed by atoms with van der Waals surface area (Å²) in [5.41, 5.74) is 4.92. The number of nitrogens with zero attached hydrogens (tertiary/aromatic N) is 2. The van der Waals surface area contributed by atoms with Crippen LogP contribution in [-0.2, 0) is 16.1 Å². The molecular weight excluding hydrogens is 466 g/mol. The van der Waals surface area contributed by atoms with Crippen LogP contribution in [0.15, 0.2) is 53.9 Å². The Morgan fingerprint density at radius 1 is 1.09 bits per heavy atom. The highest BCUT2D eigenvalue weighted by atomic mass is 32.1. The van der Waals surface area contributed by atoms with Gasteiger partial charge in [-0.15, -0.1) is 11.3 Å². The van der Waals surface area contributed by atoms with E-state index >= 15 is 0 Å². The van der Waals surface area contributed by atoms with E-state index in [0.717, 1.165) is 17.5 Å². The molecule has 3 unspecified atom stereocenters. The molecule has 3 atom stereocenters. The zero-order chi connectivity index (χ0) is 24.1. The Kier molecular flexibility index (Phi) is 5.29. The fraction of sp³-hybridized carbons (Fsp3) is 0.308. The van der Waals surface area contributed by atoms with Gasteiger partial charge in [0.2, 0.25) is 0 Å². The van der Waals surface area contributed by atoms with Crippen LogP contribution < -0.4 is 5.32 Å². The van der Waals surface area contributed by atoms with Gasteiger partial charge in [0, 0.05) is 23.9 Å². The van der Waals surface area contributed by atoms with Crippen LogP contribution in [0.5, 0.6) is 0 Å². The molecule has 3 heterocycles. The molecule has 2 saturated heterocycles. The molecule has 35 heavy (non-hydrogen) atoms. The van der Waals surface area contributed by atoms with E-state index in [1.165, 1.54) is 22.5 Å². The van der Waals surface area contributed by atoms with Crippen LogP contribution in [0.3, 0.4) is 0 Å². The van der Waals surface area contributed by atoms with Crippen molar-refractivity contribution in [2.45, 2.75) is 24.9 Å².